The molecular formula is C9H16F3NO2. The topological polar surface area (TPSA) is 38.3 Å². The first-order chi connectivity index (χ1) is 6.56. The van der Waals surface area contributed by atoms with Gasteiger partial charge in [-0.25, -0.2) is 0 Å². The highest BCUT2D eigenvalue weighted by atomic mass is 19.4. The number of ether oxygens (including phenoxy) is 1. The van der Waals surface area contributed by atoms with Crippen LogP contribution >= 0.6 is 0 Å². The molecule has 0 aliphatic rings. The van der Waals surface area contributed by atoms with Gasteiger partial charge in [0.15, 0.2) is 0 Å². The minimum Gasteiger partial charge on any atom is -0.460 e. The van der Waals surface area contributed by atoms with Gasteiger partial charge in [-0.1, -0.05) is 0 Å². The van der Waals surface area contributed by atoms with E-state index in [9.17, 15) is 18.0 Å². The van der Waals surface area contributed by atoms with Crippen LogP contribution in [0.15, 0.2) is 0 Å². The standard InChI is InChI=1S/C9H16F3NO2/c1-8(2,3)15-7(14)5-6(13-4)9(10,11)12/h6,13H,5H2,1-4H3. The molecule has 6 heteroatoms. The van der Waals surface area contributed by atoms with Crippen molar-refractivity contribution < 1.29 is 22.7 Å². The Balaban J connectivity index is 4.27. The maximum atomic E-state index is 12.2. The third-order valence-electron chi connectivity index (χ3n) is 1.53. The minimum absolute atomic E-state index is 0.711. The minimum atomic E-state index is -4.44. The number of esters is 1. The number of nitrogens with one attached hydrogen (secondary N) is 1. The van der Waals surface area contributed by atoms with Crippen LogP contribution in [0, 0.1) is 0 Å². The molecule has 0 rings (SSSR count). The Morgan fingerprint density at radius 1 is 1.33 bits per heavy atom. The highest BCUT2D eigenvalue weighted by molar-refractivity contribution is 5.70. The molecule has 90 valence electrons. The van der Waals surface area contributed by atoms with Crippen LogP contribution in [0.3, 0.4) is 0 Å². The quantitative estimate of drug-likeness (QED) is 0.748. The number of carbonyl (C=O) groups is 1. The Labute approximate surface area is 87.0 Å². The van der Waals surface area contributed by atoms with E-state index < -0.39 is 30.2 Å². The van der Waals surface area contributed by atoms with Crippen LogP contribution < -0.4 is 5.32 Å². The fraction of sp³-hybridized carbons (Fsp3) is 0.889. The van der Waals surface area contributed by atoms with Crippen LogP contribution in [0.25, 0.3) is 0 Å². The number of halogens is 3. The number of hydrogen-bond donors (Lipinski definition) is 1. The predicted octanol–water partition coefficient (Wildman–Crippen LogP) is 1.87. The molecule has 0 aliphatic carbocycles. The molecule has 0 heterocycles. The lowest BCUT2D eigenvalue weighted by atomic mass is 10.1. The molecule has 1 N–H and O–H groups in total. The molecule has 0 radical (unpaired) electrons. The zero-order valence-electron chi connectivity index (χ0n) is 9.23. The fourth-order valence-corrected chi connectivity index (χ4v) is 0.931. The van der Waals surface area contributed by atoms with Gasteiger partial charge in [-0.3, -0.25) is 4.79 Å². The molecule has 0 fully saturated rings. The van der Waals surface area contributed by atoms with Gasteiger partial charge in [0.2, 0.25) is 0 Å². The van der Waals surface area contributed by atoms with Crippen molar-refractivity contribution in [3.05, 3.63) is 0 Å². The molecule has 0 saturated heterocycles. The second-order valence-corrected chi connectivity index (χ2v) is 4.17. The van der Waals surface area contributed by atoms with Crippen molar-refractivity contribution >= 4 is 5.97 Å². The number of alkyl halides is 3. The maximum Gasteiger partial charge on any atom is 0.404 e. The maximum absolute atomic E-state index is 12.2. The summed E-state index contributed by atoms with van der Waals surface area (Å²) >= 11 is 0. The Hall–Kier alpha value is -0.780. The van der Waals surface area contributed by atoms with Crippen molar-refractivity contribution in [3.8, 4) is 0 Å². The number of hydrogen-bond acceptors (Lipinski definition) is 3. The molecule has 1 atom stereocenters. The lowest BCUT2D eigenvalue weighted by molar-refractivity contribution is -0.174. The summed E-state index contributed by atoms with van der Waals surface area (Å²) in [6.45, 7) is 4.81. The smallest absolute Gasteiger partial charge is 0.404 e. The van der Waals surface area contributed by atoms with Crippen LogP contribution in [-0.4, -0.2) is 30.8 Å². The molecule has 0 bridgehead atoms. The lowest BCUT2D eigenvalue weighted by Crippen LogP contribution is -2.42. The highest BCUT2D eigenvalue weighted by Gasteiger charge is 2.40. The molecule has 0 saturated carbocycles. The summed E-state index contributed by atoms with van der Waals surface area (Å²) < 4.78 is 41.5. The first-order valence-corrected chi connectivity index (χ1v) is 4.52. The Bertz CT molecular complexity index is 220. The van der Waals surface area contributed by atoms with Crippen LogP contribution in [0.2, 0.25) is 0 Å². The van der Waals surface area contributed by atoms with Crippen LogP contribution in [-0.2, 0) is 9.53 Å². The molecule has 1 unspecified atom stereocenters. The largest absolute Gasteiger partial charge is 0.460 e. The number of carbonyl (C=O) groups excluding carboxylic acids is 1. The van der Waals surface area contributed by atoms with E-state index in [2.05, 4.69) is 0 Å². The molecule has 0 aliphatic heterocycles. The summed E-state index contributed by atoms with van der Waals surface area (Å²) in [6, 6.07) is -1.85. The fourth-order valence-electron chi connectivity index (χ4n) is 0.931. The highest BCUT2D eigenvalue weighted by Crippen LogP contribution is 2.23. The van der Waals surface area contributed by atoms with Crippen LogP contribution in [0.4, 0.5) is 13.2 Å². The second kappa shape index (κ2) is 4.83. The molecular weight excluding hydrogens is 211 g/mol. The van der Waals surface area contributed by atoms with Gasteiger partial charge in [0.05, 0.1) is 6.42 Å². The van der Waals surface area contributed by atoms with Crippen LogP contribution in [0.5, 0.6) is 0 Å². The van der Waals surface area contributed by atoms with Crippen molar-refractivity contribution in [1.29, 1.82) is 0 Å². The van der Waals surface area contributed by atoms with Crippen molar-refractivity contribution in [2.45, 2.75) is 45.0 Å². The van der Waals surface area contributed by atoms with Gasteiger partial charge in [-0.05, 0) is 27.8 Å². The number of rotatable bonds is 3. The van der Waals surface area contributed by atoms with Crippen molar-refractivity contribution in [2.24, 2.45) is 0 Å². The molecule has 0 aromatic heterocycles. The molecule has 0 spiro atoms. The van der Waals surface area contributed by atoms with E-state index in [1.54, 1.807) is 20.8 Å². The van der Waals surface area contributed by atoms with Crippen molar-refractivity contribution in [1.82, 2.24) is 5.32 Å². The zero-order valence-corrected chi connectivity index (χ0v) is 9.23. The Kier molecular flexibility index (Phi) is 4.58. The normalized spacial score (nSPS) is 14.9. The summed E-state index contributed by atoms with van der Waals surface area (Å²) in [7, 11) is 1.16. The van der Waals surface area contributed by atoms with Gasteiger partial charge >= 0.3 is 12.1 Å². The Morgan fingerprint density at radius 2 is 1.80 bits per heavy atom. The van der Waals surface area contributed by atoms with Gasteiger partial charge in [0.25, 0.3) is 0 Å². The van der Waals surface area contributed by atoms with Gasteiger partial charge in [0.1, 0.15) is 11.6 Å². The molecule has 0 aromatic rings. The molecule has 15 heavy (non-hydrogen) atoms. The van der Waals surface area contributed by atoms with E-state index in [0.717, 1.165) is 7.05 Å². The summed E-state index contributed by atoms with van der Waals surface area (Å²) in [5, 5.41) is 2.03. The summed E-state index contributed by atoms with van der Waals surface area (Å²) in [5.74, 6) is -0.862. The average Bonchev–Trinajstić information content (AvgIpc) is 1.94. The van der Waals surface area contributed by atoms with Crippen molar-refractivity contribution in [3.63, 3.8) is 0 Å². The Morgan fingerprint density at radius 3 is 2.07 bits per heavy atom. The molecule has 0 aromatic carbocycles. The van der Waals surface area contributed by atoms with E-state index in [1.165, 1.54) is 0 Å². The van der Waals surface area contributed by atoms with Gasteiger partial charge in [-0.2, -0.15) is 13.2 Å². The van der Waals surface area contributed by atoms with Gasteiger partial charge in [-0.15, -0.1) is 0 Å². The first-order valence-electron chi connectivity index (χ1n) is 4.52. The summed E-state index contributed by atoms with van der Waals surface area (Å²) in [5.41, 5.74) is -0.763. The zero-order chi connectivity index (χ0) is 12.3. The summed E-state index contributed by atoms with van der Waals surface area (Å²) in [6.07, 6.45) is -5.15. The van der Waals surface area contributed by atoms with E-state index in [4.69, 9.17) is 4.74 Å². The lowest BCUT2D eigenvalue weighted by Gasteiger charge is -2.23. The second-order valence-electron chi connectivity index (χ2n) is 4.17. The average molecular weight is 227 g/mol. The van der Waals surface area contributed by atoms with E-state index in [-0.39, 0.29) is 0 Å². The van der Waals surface area contributed by atoms with Gasteiger partial charge in [0, 0.05) is 0 Å². The van der Waals surface area contributed by atoms with Gasteiger partial charge < -0.3 is 10.1 Å². The van der Waals surface area contributed by atoms with E-state index >= 15 is 0 Å². The predicted molar refractivity (Wildman–Crippen MR) is 49.4 cm³/mol. The SMILES string of the molecule is CNC(CC(=O)OC(C)(C)C)C(F)(F)F. The summed E-state index contributed by atoms with van der Waals surface area (Å²) in [4.78, 5) is 11.1. The van der Waals surface area contributed by atoms with E-state index in [1.807, 2.05) is 5.32 Å². The van der Waals surface area contributed by atoms with Crippen molar-refractivity contribution in [2.75, 3.05) is 7.05 Å². The third kappa shape index (κ3) is 6.33. The molecule has 0 amide bonds. The van der Waals surface area contributed by atoms with E-state index in [0.29, 0.717) is 0 Å². The molecule has 3 nitrogen and oxygen atoms in total. The third-order valence-corrected chi connectivity index (χ3v) is 1.53. The monoisotopic (exact) mass is 227 g/mol. The van der Waals surface area contributed by atoms with Crippen LogP contribution in [0.1, 0.15) is 27.2 Å². The first kappa shape index (κ1) is 14.2.